The van der Waals surface area contributed by atoms with Crippen LogP contribution in [0.25, 0.3) is 0 Å². The van der Waals surface area contributed by atoms with Crippen molar-refractivity contribution in [3.05, 3.63) is 29.8 Å². The molecule has 0 aliphatic carbocycles. The van der Waals surface area contributed by atoms with Crippen LogP contribution in [0.1, 0.15) is 56.3 Å². The molecule has 19 heavy (non-hydrogen) atoms. The first kappa shape index (κ1) is 15.2. The first-order valence-corrected chi connectivity index (χ1v) is 6.82. The average molecular weight is 261 g/mol. The maximum absolute atomic E-state index is 11.8. The molecule has 0 atom stereocenters. The highest BCUT2D eigenvalue weighted by Crippen LogP contribution is 2.06. The lowest BCUT2D eigenvalue weighted by Crippen LogP contribution is -2.19. The van der Waals surface area contributed by atoms with Crippen molar-refractivity contribution < 1.29 is 4.79 Å². The van der Waals surface area contributed by atoms with Gasteiger partial charge in [0.1, 0.15) is 0 Å². The van der Waals surface area contributed by atoms with Gasteiger partial charge in [-0.3, -0.25) is 4.79 Å². The van der Waals surface area contributed by atoms with E-state index in [1.54, 1.807) is 24.3 Å². The van der Waals surface area contributed by atoms with E-state index in [0.29, 0.717) is 11.3 Å². The van der Waals surface area contributed by atoms with E-state index in [1.807, 2.05) is 6.92 Å². The molecular weight excluding hydrogens is 238 g/mol. The molecule has 0 aliphatic rings. The molecule has 104 valence electrons. The smallest absolute Gasteiger partial charge is 0.271 e. The molecule has 0 fully saturated rings. The van der Waals surface area contributed by atoms with Crippen LogP contribution < -0.4 is 11.2 Å². The first-order chi connectivity index (χ1) is 9.13. The zero-order valence-corrected chi connectivity index (χ0v) is 11.8. The number of nitrogens with two attached hydrogens (primary N) is 1. The van der Waals surface area contributed by atoms with Crippen molar-refractivity contribution in [1.82, 2.24) is 5.43 Å². The van der Waals surface area contributed by atoms with Crippen LogP contribution >= 0.6 is 0 Å². The van der Waals surface area contributed by atoms with Crippen LogP contribution in [-0.2, 0) is 0 Å². The Labute approximate surface area is 115 Å². The number of rotatable bonds is 7. The number of carbonyl (C=O) groups excluding carboxylic acids is 1. The number of nitrogen functional groups attached to an aromatic ring is 1. The summed E-state index contributed by atoms with van der Waals surface area (Å²) in [5.74, 6) is -0.201. The third kappa shape index (κ3) is 6.04. The van der Waals surface area contributed by atoms with Crippen LogP contribution in [0.3, 0.4) is 0 Å². The van der Waals surface area contributed by atoms with Crippen LogP contribution in [0, 0.1) is 0 Å². The second-order valence-electron chi connectivity index (χ2n) is 4.72. The van der Waals surface area contributed by atoms with Gasteiger partial charge >= 0.3 is 0 Å². The van der Waals surface area contributed by atoms with Crippen molar-refractivity contribution >= 4 is 17.3 Å². The number of nitrogens with zero attached hydrogens (tertiary/aromatic N) is 1. The maximum Gasteiger partial charge on any atom is 0.271 e. The van der Waals surface area contributed by atoms with Crippen molar-refractivity contribution in [3.8, 4) is 0 Å². The molecule has 1 rings (SSSR count). The summed E-state index contributed by atoms with van der Waals surface area (Å²) < 4.78 is 0. The normalized spacial score (nSPS) is 11.4. The van der Waals surface area contributed by atoms with Gasteiger partial charge in [-0.15, -0.1) is 0 Å². The maximum atomic E-state index is 11.8. The van der Waals surface area contributed by atoms with E-state index < -0.39 is 0 Å². The van der Waals surface area contributed by atoms with Crippen molar-refractivity contribution in [2.75, 3.05) is 5.73 Å². The monoisotopic (exact) mass is 261 g/mol. The third-order valence-electron chi connectivity index (χ3n) is 2.91. The summed E-state index contributed by atoms with van der Waals surface area (Å²) in [4.78, 5) is 11.8. The van der Waals surface area contributed by atoms with E-state index in [9.17, 15) is 4.79 Å². The number of benzene rings is 1. The molecule has 4 nitrogen and oxygen atoms in total. The van der Waals surface area contributed by atoms with Gasteiger partial charge in [0.05, 0.1) is 0 Å². The van der Waals surface area contributed by atoms with E-state index in [2.05, 4.69) is 17.5 Å². The topological polar surface area (TPSA) is 67.5 Å². The summed E-state index contributed by atoms with van der Waals surface area (Å²) in [7, 11) is 0. The molecule has 0 saturated carbocycles. The Morgan fingerprint density at radius 1 is 1.21 bits per heavy atom. The number of carbonyl (C=O) groups is 1. The standard InChI is InChI=1S/C15H23N3O/c1-3-4-5-6-7-12(2)17-18-15(19)13-8-10-14(16)11-9-13/h8-11H,3-7,16H2,1-2H3,(H,18,19)/b17-12+. The molecule has 1 aromatic carbocycles. The molecule has 0 aliphatic heterocycles. The second kappa shape index (κ2) is 8.29. The Hall–Kier alpha value is -1.84. The van der Waals surface area contributed by atoms with Gasteiger partial charge < -0.3 is 5.73 Å². The fraction of sp³-hybridized carbons (Fsp3) is 0.467. The predicted octanol–water partition coefficient (Wildman–Crippen LogP) is 3.34. The molecule has 4 heteroatoms. The number of hydrogen-bond donors (Lipinski definition) is 2. The molecule has 0 bridgehead atoms. The Bertz CT molecular complexity index is 424. The highest BCUT2D eigenvalue weighted by molar-refractivity contribution is 5.95. The van der Waals surface area contributed by atoms with Crippen LogP contribution in [0.15, 0.2) is 29.4 Å². The van der Waals surface area contributed by atoms with E-state index in [1.165, 1.54) is 19.3 Å². The minimum atomic E-state index is -0.201. The van der Waals surface area contributed by atoms with Gasteiger partial charge in [0, 0.05) is 17.0 Å². The Balaban J connectivity index is 2.37. The molecule has 0 radical (unpaired) electrons. The Morgan fingerprint density at radius 2 is 1.89 bits per heavy atom. The Kier molecular flexibility index (Phi) is 6.64. The number of anilines is 1. The number of nitrogens with one attached hydrogen (secondary N) is 1. The molecule has 0 saturated heterocycles. The average Bonchev–Trinajstić information content (AvgIpc) is 2.42. The lowest BCUT2D eigenvalue weighted by atomic mass is 10.1. The van der Waals surface area contributed by atoms with E-state index in [4.69, 9.17) is 5.73 Å². The molecule has 1 aromatic rings. The van der Waals surface area contributed by atoms with Gasteiger partial charge in [0.2, 0.25) is 0 Å². The first-order valence-electron chi connectivity index (χ1n) is 6.82. The van der Waals surface area contributed by atoms with Gasteiger partial charge in [-0.2, -0.15) is 5.10 Å². The van der Waals surface area contributed by atoms with E-state index in [-0.39, 0.29) is 5.91 Å². The molecular formula is C15H23N3O. The molecule has 1 amide bonds. The highest BCUT2D eigenvalue weighted by Gasteiger charge is 2.03. The van der Waals surface area contributed by atoms with Gasteiger partial charge in [-0.1, -0.05) is 26.2 Å². The largest absolute Gasteiger partial charge is 0.399 e. The number of unbranched alkanes of at least 4 members (excludes halogenated alkanes) is 3. The minimum Gasteiger partial charge on any atom is -0.399 e. The van der Waals surface area contributed by atoms with Crippen LogP contribution in [0.2, 0.25) is 0 Å². The molecule has 0 spiro atoms. The summed E-state index contributed by atoms with van der Waals surface area (Å²) in [5.41, 5.74) is 10.3. The summed E-state index contributed by atoms with van der Waals surface area (Å²) in [6.45, 7) is 4.13. The summed E-state index contributed by atoms with van der Waals surface area (Å²) in [5, 5.41) is 4.11. The summed E-state index contributed by atoms with van der Waals surface area (Å²) in [6.07, 6.45) is 5.76. The SMILES string of the molecule is CCCCCC/C(C)=N/NC(=O)c1ccc(N)cc1. The van der Waals surface area contributed by atoms with Gasteiger partial charge in [0.15, 0.2) is 0 Å². The number of hydrazone groups is 1. The predicted molar refractivity (Wildman–Crippen MR) is 80.2 cm³/mol. The fourth-order valence-corrected chi connectivity index (χ4v) is 1.71. The Morgan fingerprint density at radius 3 is 2.53 bits per heavy atom. The summed E-state index contributed by atoms with van der Waals surface area (Å²) in [6, 6.07) is 6.79. The minimum absolute atomic E-state index is 0.201. The van der Waals surface area contributed by atoms with Crippen LogP contribution in [-0.4, -0.2) is 11.6 Å². The quantitative estimate of drug-likeness (QED) is 0.342. The third-order valence-corrected chi connectivity index (χ3v) is 2.91. The van der Waals surface area contributed by atoms with E-state index in [0.717, 1.165) is 18.6 Å². The second-order valence-corrected chi connectivity index (χ2v) is 4.72. The van der Waals surface area contributed by atoms with Gasteiger partial charge in [-0.05, 0) is 44.0 Å². The summed E-state index contributed by atoms with van der Waals surface area (Å²) >= 11 is 0. The van der Waals surface area contributed by atoms with E-state index >= 15 is 0 Å². The van der Waals surface area contributed by atoms with Crippen molar-refractivity contribution in [1.29, 1.82) is 0 Å². The van der Waals surface area contributed by atoms with Crippen molar-refractivity contribution in [3.63, 3.8) is 0 Å². The molecule has 3 N–H and O–H groups in total. The zero-order valence-electron chi connectivity index (χ0n) is 11.8. The number of amides is 1. The van der Waals surface area contributed by atoms with Crippen molar-refractivity contribution in [2.24, 2.45) is 5.10 Å². The van der Waals surface area contributed by atoms with Gasteiger partial charge in [0.25, 0.3) is 5.91 Å². The van der Waals surface area contributed by atoms with Crippen LogP contribution in [0.5, 0.6) is 0 Å². The molecule has 0 heterocycles. The highest BCUT2D eigenvalue weighted by atomic mass is 16.2. The fourth-order valence-electron chi connectivity index (χ4n) is 1.71. The van der Waals surface area contributed by atoms with Gasteiger partial charge in [-0.25, -0.2) is 5.43 Å². The lowest BCUT2D eigenvalue weighted by molar-refractivity contribution is 0.0954. The number of hydrogen-bond acceptors (Lipinski definition) is 3. The zero-order chi connectivity index (χ0) is 14.1. The molecule has 0 unspecified atom stereocenters. The van der Waals surface area contributed by atoms with Crippen molar-refractivity contribution in [2.45, 2.75) is 46.0 Å². The van der Waals surface area contributed by atoms with Crippen LogP contribution in [0.4, 0.5) is 5.69 Å². The lowest BCUT2D eigenvalue weighted by Gasteiger charge is -2.03. The molecule has 0 aromatic heterocycles.